The van der Waals surface area contributed by atoms with Gasteiger partial charge in [0.15, 0.2) is 6.10 Å². The quantitative estimate of drug-likeness (QED) is 0.366. The van der Waals surface area contributed by atoms with Crippen molar-refractivity contribution in [1.29, 1.82) is 0 Å². The van der Waals surface area contributed by atoms with Crippen LogP contribution in [0.4, 0.5) is 28.4 Å². The van der Waals surface area contributed by atoms with Crippen molar-refractivity contribution in [3.05, 3.63) is 58.1 Å². The molecule has 0 aliphatic carbocycles. The number of phenolic OH excluding ortho intramolecular Hbond substituents is 1. The van der Waals surface area contributed by atoms with Crippen LogP contribution in [-0.4, -0.2) is 108 Å². The van der Waals surface area contributed by atoms with E-state index in [2.05, 4.69) is 17.3 Å². The van der Waals surface area contributed by atoms with E-state index in [1.54, 1.807) is 9.80 Å². The summed E-state index contributed by atoms with van der Waals surface area (Å²) in [6.45, 7) is 4.15. The van der Waals surface area contributed by atoms with Gasteiger partial charge in [-0.15, -0.1) is 0 Å². The number of piperidine rings is 3. The summed E-state index contributed by atoms with van der Waals surface area (Å²) >= 11 is 5.99. The molecule has 0 bridgehead atoms. The average molecular weight is 720 g/mol. The summed E-state index contributed by atoms with van der Waals surface area (Å²) < 4.78 is 47.0. The summed E-state index contributed by atoms with van der Waals surface area (Å²) in [5.41, 5.74) is 0.544. The number of rotatable bonds is 6. The topological polar surface area (TPSA) is 106 Å². The molecule has 0 unspecified atom stereocenters. The minimum Gasteiger partial charge on any atom is -0.506 e. The minimum atomic E-state index is -4.88. The number of nitrogens with zero attached hydrogens (tertiary/aromatic N) is 4. The van der Waals surface area contributed by atoms with E-state index in [1.807, 2.05) is 24.3 Å². The number of hydrogen-bond donors (Lipinski definition) is 2. The lowest BCUT2D eigenvalue weighted by molar-refractivity contribution is -0.142. The number of carbonyl (C=O) groups excluding carboxylic acids is 3. The number of carbonyl (C=O) groups is 3. The van der Waals surface area contributed by atoms with Crippen LogP contribution in [-0.2, 0) is 28.5 Å². The Labute approximate surface area is 295 Å². The van der Waals surface area contributed by atoms with Crippen LogP contribution in [0.15, 0.2) is 36.4 Å². The molecule has 0 aromatic heterocycles. The number of halogens is 4. The highest BCUT2D eigenvalue weighted by Crippen LogP contribution is 2.41. The second-order valence-electron chi connectivity index (χ2n) is 14.1. The van der Waals surface area contributed by atoms with Crippen LogP contribution < -0.4 is 5.32 Å². The number of anilines is 1. The minimum absolute atomic E-state index is 0.0133. The van der Waals surface area contributed by atoms with Crippen molar-refractivity contribution in [3.63, 3.8) is 0 Å². The first-order chi connectivity index (χ1) is 23.9. The number of hydrogen-bond acceptors (Lipinski definition) is 6. The van der Waals surface area contributed by atoms with E-state index in [-0.39, 0.29) is 37.1 Å². The molecular formula is C36H45ClF3N5O5. The molecule has 0 radical (unpaired) electrons. The third kappa shape index (κ3) is 8.25. The van der Waals surface area contributed by atoms with Gasteiger partial charge in [-0.25, -0.2) is 9.59 Å². The fourth-order valence-electron chi connectivity index (χ4n) is 7.97. The third-order valence-corrected chi connectivity index (χ3v) is 11.2. The summed E-state index contributed by atoms with van der Waals surface area (Å²) in [4.78, 5) is 47.8. The van der Waals surface area contributed by atoms with E-state index in [0.29, 0.717) is 50.7 Å². The van der Waals surface area contributed by atoms with Gasteiger partial charge >= 0.3 is 18.3 Å². The van der Waals surface area contributed by atoms with Gasteiger partial charge in [-0.1, -0.05) is 29.8 Å². The molecule has 272 valence electrons. The number of aromatic hydroxyl groups is 1. The summed E-state index contributed by atoms with van der Waals surface area (Å²) in [5.74, 6) is -0.478. The highest BCUT2D eigenvalue weighted by atomic mass is 35.5. The monoisotopic (exact) mass is 719 g/mol. The molecule has 4 aliphatic heterocycles. The van der Waals surface area contributed by atoms with Gasteiger partial charge < -0.3 is 34.8 Å². The lowest BCUT2D eigenvalue weighted by Gasteiger charge is -2.40. The van der Waals surface area contributed by atoms with Crippen molar-refractivity contribution >= 4 is 35.3 Å². The predicted octanol–water partition coefficient (Wildman–Crippen LogP) is 6.25. The number of benzene rings is 2. The Bertz CT molecular complexity index is 1550. The standard InChI is InChI=1S/C36H45ClF3N5O5/c1-42-13-6-24(7-14-42)25-8-15-43(16-9-25)33(47)31(22-23-20-28(36(38,39)40)32(46)29(37)21-23)50-35(49)44-17-11-27(12-18-44)45-19-10-26-4-2-3-5-30(26)41-34(45)48/h2-5,20-21,24-25,27,31,46H,6-19,22H2,1H3,(H,41,48)/t31-/m1/s1. The van der Waals surface area contributed by atoms with Gasteiger partial charge in [-0.2, -0.15) is 13.2 Å². The van der Waals surface area contributed by atoms with Gasteiger partial charge in [0.1, 0.15) is 5.75 Å². The molecular weight excluding hydrogens is 675 g/mol. The molecule has 3 saturated heterocycles. The number of alkyl halides is 3. The van der Waals surface area contributed by atoms with Crippen LogP contribution in [0.3, 0.4) is 0 Å². The molecule has 0 spiro atoms. The van der Waals surface area contributed by atoms with Gasteiger partial charge in [0.2, 0.25) is 0 Å². The fourth-order valence-corrected chi connectivity index (χ4v) is 8.21. The lowest BCUT2D eigenvalue weighted by atomic mass is 9.79. The zero-order valence-corrected chi connectivity index (χ0v) is 29.0. The van der Waals surface area contributed by atoms with E-state index in [4.69, 9.17) is 16.3 Å². The second kappa shape index (κ2) is 15.3. The van der Waals surface area contributed by atoms with Crippen molar-refractivity contribution in [2.24, 2.45) is 11.8 Å². The van der Waals surface area contributed by atoms with Crippen LogP contribution in [0.5, 0.6) is 5.75 Å². The Morgan fingerprint density at radius 1 is 0.940 bits per heavy atom. The molecule has 4 aliphatic rings. The molecule has 2 aromatic rings. The van der Waals surface area contributed by atoms with E-state index < -0.39 is 40.6 Å². The molecule has 4 amide bonds. The Kier molecular flexibility index (Phi) is 11.0. The summed E-state index contributed by atoms with van der Waals surface area (Å²) in [6, 6.07) is 9.31. The van der Waals surface area contributed by atoms with Crippen molar-refractivity contribution in [2.75, 3.05) is 58.2 Å². The van der Waals surface area contributed by atoms with Gasteiger partial charge in [0, 0.05) is 50.9 Å². The first-order valence-corrected chi connectivity index (χ1v) is 17.9. The molecule has 2 N–H and O–H groups in total. The lowest BCUT2D eigenvalue weighted by Crippen LogP contribution is -2.52. The van der Waals surface area contributed by atoms with E-state index in [9.17, 15) is 32.7 Å². The number of para-hydroxylation sites is 1. The molecule has 10 nitrogen and oxygen atoms in total. The molecule has 50 heavy (non-hydrogen) atoms. The van der Waals surface area contributed by atoms with Crippen LogP contribution in [0.1, 0.15) is 55.2 Å². The van der Waals surface area contributed by atoms with Gasteiger partial charge in [-0.05, 0) is 106 Å². The number of nitrogens with one attached hydrogen (secondary N) is 1. The predicted molar refractivity (Wildman–Crippen MR) is 182 cm³/mol. The maximum Gasteiger partial charge on any atom is 0.420 e. The number of fused-ring (bicyclic) bond motifs is 1. The SMILES string of the molecule is CN1CCC(C2CCN(C(=O)[C@@H](Cc3cc(Cl)c(O)c(C(F)(F)F)c3)OC(=O)N3CCC(N4CCc5ccccc5NC4=O)CC3)CC2)CC1. The first-order valence-electron chi connectivity index (χ1n) is 17.5. The van der Waals surface area contributed by atoms with E-state index >= 15 is 0 Å². The summed E-state index contributed by atoms with van der Waals surface area (Å²) in [5, 5.41) is 12.5. The van der Waals surface area contributed by atoms with Crippen molar-refractivity contribution in [2.45, 2.75) is 69.7 Å². The van der Waals surface area contributed by atoms with Crippen molar-refractivity contribution in [3.8, 4) is 5.75 Å². The highest BCUT2D eigenvalue weighted by molar-refractivity contribution is 6.32. The third-order valence-electron chi connectivity index (χ3n) is 11.0. The maximum atomic E-state index is 14.0. The molecule has 3 fully saturated rings. The molecule has 6 rings (SSSR count). The first kappa shape index (κ1) is 36.1. The maximum absolute atomic E-state index is 14.0. The summed E-state index contributed by atoms with van der Waals surface area (Å²) in [7, 11) is 2.12. The molecule has 14 heteroatoms. The zero-order valence-electron chi connectivity index (χ0n) is 28.3. The van der Waals surface area contributed by atoms with Crippen molar-refractivity contribution < 1.29 is 37.4 Å². The number of phenols is 1. The zero-order chi connectivity index (χ0) is 35.6. The Morgan fingerprint density at radius 2 is 1.56 bits per heavy atom. The smallest absolute Gasteiger partial charge is 0.420 e. The molecule has 1 atom stereocenters. The largest absolute Gasteiger partial charge is 0.506 e. The number of amides is 4. The molecule has 4 heterocycles. The Morgan fingerprint density at radius 3 is 2.22 bits per heavy atom. The van der Waals surface area contributed by atoms with Gasteiger partial charge in [-0.3, -0.25) is 4.79 Å². The Hall–Kier alpha value is -3.71. The van der Waals surface area contributed by atoms with Crippen LogP contribution in [0, 0.1) is 11.8 Å². The molecule has 0 saturated carbocycles. The van der Waals surface area contributed by atoms with Crippen LogP contribution >= 0.6 is 11.6 Å². The Balaban J connectivity index is 1.12. The average Bonchev–Trinajstić information content (AvgIpc) is 3.27. The normalized spacial score (nSPS) is 21.0. The van der Waals surface area contributed by atoms with E-state index in [0.717, 1.165) is 56.1 Å². The van der Waals surface area contributed by atoms with Gasteiger partial charge in [0.25, 0.3) is 5.91 Å². The van der Waals surface area contributed by atoms with Crippen LogP contribution in [0.25, 0.3) is 0 Å². The fraction of sp³-hybridized carbons (Fsp3) is 0.583. The van der Waals surface area contributed by atoms with Crippen LogP contribution in [0.2, 0.25) is 5.02 Å². The molecule has 2 aromatic carbocycles. The second-order valence-corrected chi connectivity index (χ2v) is 14.5. The van der Waals surface area contributed by atoms with Crippen molar-refractivity contribution in [1.82, 2.24) is 19.6 Å². The van der Waals surface area contributed by atoms with Gasteiger partial charge in [0.05, 0.1) is 10.6 Å². The number of ether oxygens (including phenoxy) is 1. The summed E-state index contributed by atoms with van der Waals surface area (Å²) in [6.07, 6.45) is -1.78. The number of urea groups is 1. The van der Waals surface area contributed by atoms with E-state index in [1.165, 1.54) is 11.0 Å². The highest BCUT2D eigenvalue weighted by Gasteiger charge is 2.39. The number of likely N-dealkylation sites (tertiary alicyclic amines) is 3.